The summed E-state index contributed by atoms with van der Waals surface area (Å²) in [5, 5.41) is 45.7. The van der Waals surface area contributed by atoms with E-state index in [1.807, 2.05) is 0 Å². The van der Waals surface area contributed by atoms with Gasteiger partial charge in [-0.2, -0.15) is 0 Å². The zero-order chi connectivity index (χ0) is 14.7. The Hall–Kier alpha value is -1.30. The average molecular weight is 281 g/mol. The summed E-state index contributed by atoms with van der Waals surface area (Å²) in [6.45, 7) is -0.554. The lowest BCUT2D eigenvalue weighted by Crippen LogP contribution is -2.61. The van der Waals surface area contributed by atoms with Crippen molar-refractivity contribution in [3.63, 3.8) is 0 Å². The minimum atomic E-state index is -1.83. The van der Waals surface area contributed by atoms with Crippen LogP contribution in [-0.4, -0.2) is 80.8 Å². The Morgan fingerprint density at radius 1 is 1.21 bits per heavy atom. The van der Waals surface area contributed by atoms with Crippen molar-refractivity contribution in [3.8, 4) is 0 Å². The molecule has 7 N–H and O–H groups in total. The lowest BCUT2D eigenvalue weighted by molar-refractivity contribution is -0.289. The van der Waals surface area contributed by atoms with Crippen molar-refractivity contribution in [1.29, 1.82) is 0 Å². The molecule has 1 aliphatic rings. The van der Waals surface area contributed by atoms with Crippen LogP contribution in [0.4, 0.5) is 0 Å². The number of hydrogen-bond acceptors (Lipinski definition) is 8. The summed E-state index contributed by atoms with van der Waals surface area (Å²) in [7, 11) is 0. The van der Waals surface area contributed by atoms with Gasteiger partial charge in [-0.3, -0.25) is 4.79 Å². The van der Waals surface area contributed by atoms with E-state index in [4.69, 9.17) is 20.7 Å². The largest absolute Gasteiger partial charge is 0.480 e. The van der Waals surface area contributed by atoms with Gasteiger partial charge in [0.05, 0.1) is 6.61 Å². The fraction of sp³-hybridized carbons (Fsp3) is 0.778. The van der Waals surface area contributed by atoms with Crippen LogP contribution >= 0.6 is 0 Å². The fourth-order valence-corrected chi connectivity index (χ4v) is 1.52. The van der Waals surface area contributed by atoms with Crippen LogP contribution in [0.1, 0.15) is 0 Å². The highest BCUT2D eigenvalue weighted by atomic mass is 16.7. The van der Waals surface area contributed by atoms with Gasteiger partial charge in [0.15, 0.2) is 12.4 Å². The molecular formula is C9H15NO9. The molecule has 0 aromatic rings. The molecule has 0 amide bonds. The van der Waals surface area contributed by atoms with E-state index in [1.165, 1.54) is 0 Å². The molecule has 10 heteroatoms. The predicted octanol–water partition coefficient (Wildman–Crippen LogP) is -3.69. The first-order valence-corrected chi connectivity index (χ1v) is 5.28. The average Bonchev–Trinajstić information content (AvgIpc) is 2.32. The number of hydrogen-bond donors (Lipinski definition) is 6. The molecule has 19 heavy (non-hydrogen) atoms. The zero-order valence-corrected chi connectivity index (χ0v) is 9.62. The second-order valence-corrected chi connectivity index (χ2v) is 4.01. The van der Waals surface area contributed by atoms with Gasteiger partial charge in [-0.15, -0.1) is 0 Å². The van der Waals surface area contributed by atoms with E-state index in [9.17, 15) is 24.9 Å². The van der Waals surface area contributed by atoms with Gasteiger partial charge < -0.3 is 40.7 Å². The number of carbonyl (C=O) groups is 2. The number of aliphatic hydroxyl groups is 3. The molecule has 10 nitrogen and oxygen atoms in total. The lowest BCUT2D eigenvalue weighted by atomic mass is 9.99. The smallest absolute Gasteiger partial charge is 0.335 e. The molecule has 6 atom stereocenters. The molecule has 0 saturated carbocycles. The van der Waals surface area contributed by atoms with Crippen molar-refractivity contribution in [2.24, 2.45) is 5.73 Å². The van der Waals surface area contributed by atoms with Crippen molar-refractivity contribution < 1.29 is 44.6 Å². The summed E-state index contributed by atoms with van der Waals surface area (Å²) in [5.74, 6) is -2.92. The molecule has 0 aromatic carbocycles. The third kappa shape index (κ3) is 3.59. The fourth-order valence-electron chi connectivity index (χ4n) is 1.52. The lowest BCUT2D eigenvalue weighted by Gasteiger charge is -2.38. The van der Waals surface area contributed by atoms with Crippen molar-refractivity contribution >= 4 is 11.9 Å². The maximum atomic E-state index is 10.7. The Bertz CT molecular complexity index is 349. The Balaban J connectivity index is 2.65. The van der Waals surface area contributed by atoms with Crippen molar-refractivity contribution in [1.82, 2.24) is 0 Å². The van der Waals surface area contributed by atoms with E-state index in [2.05, 4.69) is 4.74 Å². The standard InChI is InChI=1S/C9H15NO9/c10-2(7(13)14)1-18-6-4(12)3(11)5(8(15)16)19-9(6)17/h2-6,9,11-12,17H,1,10H2,(H,13,14)(H,15,16). The second kappa shape index (κ2) is 6.23. The molecule has 0 aromatic heterocycles. The molecular weight excluding hydrogens is 266 g/mol. The Labute approximate surface area is 107 Å². The van der Waals surface area contributed by atoms with Crippen LogP contribution in [0.15, 0.2) is 0 Å². The van der Waals surface area contributed by atoms with E-state index in [0.717, 1.165) is 0 Å². The number of rotatable bonds is 5. The van der Waals surface area contributed by atoms with E-state index < -0.39 is 55.3 Å². The maximum absolute atomic E-state index is 10.7. The van der Waals surface area contributed by atoms with Crippen LogP contribution in [0.5, 0.6) is 0 Å². The summed E-state index contributed by atoms with van der Waals surface area (Å²) in [4.78, 5) is 21.1. The van der Waals surface area contributed by atoms with Crippen molar-refractivity contribution in [2.75, 3.05) is 6.61 Å². The van der Waals surface area contributed by atoms with E-state index in [1.54, 1.807) is 0 Å². The molecule has 110 valence electrons. The number of aliphatic carboxylic acids is 2. The van der Waals surface area contributed by atoms with Crippen LogP contribution < -0.4 is 5.73 Å². The first kappa shape index (κ1) is 15.8. The van der Waals surface area contributed by atoms with Gasteiger partial charge in [-0.25, -0.2) is 4.79 Å². The predicted molar refractivity (Wildman–Crippen MR) is 55.9 cm³/mol. The van der Waals surface area contributed by atoms with E-state index in [-0.39, 0.29) is 0 Å². The Morgan fingerprint density at radius 3 is 2.26 bits per heavy atom. The number of nitrogens with two attached hydrogens (primary N) is 1. The quantitative estimate of drug-likeness (QED) is 0.293. The molecule has 0 aliphatic carbocycles. The molecule has 1 heterocycles. The van der Waals surface area contributed by atoms with E-state index in [0.29, 0.717) is 0 Å². The van der Waals surface area contributed by atoms with Gasteiger partial charge in [0.2, 0.25) is 0 Å². The molecule has 0 radical (unpaired) electrons. The third-order valence-electron chi connectivity index (χ3n) is 2.59. The highest BCUT2D eigenvalue weighted by molar-refractivity contribution is 5.73. The summed E-state index contributed by atoms with van der Waals surface area (Å²) < 4.78 is 9.41. The van der Waals surface area contributed by atoms with E-state index >= 15 is 0 Å². The van der Waals surface area contributed by atoms with Crippen molar-refractivity contribution in [3.05, 3.63) is 0 Å². The number of aliphatic hydroxyl groups excluding tert-OH is 3. The third-order valence-corrected chi connectivity index (χ3v) is 2.59. The minimum Gasteiger partial charge on any atom is -0.480 e. The van der Waals surface area contributed by atoms with Crippen LogP contribution in [0.25, 0.3) is 0 Å². The van der Waals surface area contributed by atoms with Crippen molar-refractivity contribution in [2.45, 2.75) is 36.7 Å². The second-order valence-electron chi connectivity index (χ2n) is 4.01. The van der Waals surface area contributed by atoms with Gasteiger partial charge in [0.1, 0.15) is 24.4 Å². The highest BCUT2D eigenvalue weighted by Gasteiger charge is 2.47. The van der Waals surface area contributed by atoms with Gasteiger partial charge in [-0.05, 0) is 0 Å². The van der Waals surface area contributed by atoms with Crippen LogP contribution in [0.3, 0.4) is 0 Å². The SMILES string of the molecule is NC(COC1C(O)OC(C(=O)O)C(O)C1O)C(=O)O. The van der Waals surface area contributed by atoms with Gasteiger partial charge in [0.25, 0.3) is 0 Å². The molecule has 1 saturated heterocycles. The summed E-state index contributed by atoms with van der Waals surface area (Å²) in [6, 6.07) is -1.39. The first-order chi connectivity index (χ1) is 8.75. The highest BCUT2D eigenvalue weighted by Crippen LogP contribution is 2.22. The Kier molecular flexibility index (Phi) is 5.17. The Morgan fingerprint density at radius 2 is 1.79 bits per heavy atom. The normalized spacial score (nSPS) is 36.7. The molecule has 1 aliphatic heterocycles. The van der Waals surface area contributed by atoms with Gasteiger partial charge >= 0.3 is 11.9 Å². The molecule has 0 spiro atoms. The summed E-state index contributed by atoms with van der Waals surface area (Å²) in [5.41, 5.74) is 5.15. The topological polar surface area (TPSA) is 180 Å². The number of carboxylic acids is 2. The summed E-state index contributed by atoms with van der Waals surface area (Å²) >= 11 is 0. The van der Waals surface area contributed by atoms with Gasteiger partial charge in [-0.1, -0.05) is 0 Å². The molecule has 0 bridgehead atoms. The molecule has 6 unspecified atom stereocenters. The maximum Gasteiger partial charge on any atom is 0.335 e. The number of carboxylic acid groups (broad SMARTS) is 2. The van der Waals surface area contributed by atoms with Crippen LogP contribution in [0, 0.1) is 0 Å². The first-order valence-electron chi connectivity index (χ1n) is 5.28. The van der Waals surface area contributed by atoms with Gasteiger partial charge in [0, 0.05) is 0 Å². The van der Waals surface area contributed by atoms with Crippen LogP contribution in [-0.2, 0) is 19.1 Å². The molecule has 1 rings (SSSR count). The monoisotopic (exact) mass is 281 g/mol. The number of ether oxygens (including phenoxy) is 2. The molecule has 1 fully saturated rings. The minimum absolute atomic E-state index is 0.554. The summed E-state index contributed by atoms with van der Waals surface area (Å²) in [6.07, 6.45) is -8.73. The van der Waals surface area contributed by atoms with Crippen LogP contribution in [0.2, 0.25) is 0 Å². The zero-order valence-electron chi connectivity index (χ0n) is 9.62.